The van der Waals surface area contributed by atoms with Crippen LogP contribution in [0.2, 0.25) is 0 Å². The number of carboxylic acid groups (broad SMARTS) is 1. The van der Waals surface area contributed by atoms with E-state index in [2.05, 4.69) is 26.9 Å². The molecular formula is C22H24N6O5S3. The highest BCUT2D eigenvalue weighted by Gasteiger charge is 2.53. The highest BCUT2D eigenvalue weighted by atomic mass is 32.2. The first kappa shape index (κ1) is 24.7. The van der Waals surface area contributed by atoms with Crippen LogP contribution < -0.4 is 20.7 Å². The van der Waals surface area contributed by atoms with Crippen LogP contribution in [0.15, 0.2) is 27.3 Å². The van der Waals surface area contributed by atoms with Crippen LogP contribution in [0, 0.1) is 5.92 Å². The topological polar surface area (TPSA) is 154 Å². The zero-order valence-corrected chi connectivity index (χ0v) is 22.0. The van der Waals surface area contributed by atoms with Gasteiger partial charge in [0.1, 0.15) is 24.2 Å². The molecule has 2 aromatic rings. The van der Waals surface area contributed by atoms with Crippen LogP contribution in [0.5, 0.6) is 0 Å². The van der Waals surface area contributed by atoms with Gasteiger partial charge in [-0.2, -0.15) is 4.57 Å². The van der Waals surface area contributed by atoms with Crippen molar-refractivity contribution >= 4 is 63.1 Å². The monoisotopic (exact) mass is 548 g/mol. The smallest absolute Gasteiger partial charge is 0.276 e. The zero-order valence-electron chi connectivity index (χ0n) is 19.6. The summed E-state index contributed by atoms with van der Waals surface area (Å²) < 4.78 is 2.10. The van der Waals surface area contributed by atoms with Gasteiger partial charge in [-0.3, -0.25) is 14.5 Å². The maximum Gasteiger partial charge on any atom is 0.276 e. The number of aromatic nitrogens is 2. The first-order chi connectivity index (χ1) is 17.3. The van der Waals surface area contributed by atoms with Crippen molar-refractivity contribution in [2.45, 2.75) is 44.1 Å². The lowest BCUT2D eigenvalue weighted by molar-refractivity contribution is -0.692. The van der Waals surface area contributed by atoms with Gasteiger partial charge in [0.05, 0.1) is 16.5 Å². The molecule has 1 unspecified atom stereocenters. The van der Waals surface area contributed by atoms with Crippen molar-refractivity contribution in [3.63, 3.8) is 0 Å². The second kappa shape index (κ2) is 9.82. The van der Waals surface area contributed by atoms with Gasteiger partial charge in [-0.1, -0.05) is 23.4 Å². The molecule has 14 heteroatoms. The third kappa shape index (κ3) is 4.37. The number of anilines is 1. The van der Waals surface area contributed by atoms with E-state index in [0.717, 1.165) is 30.6 Å². The number of rotatable bonds is 7. The summed E-state index contributed by atoms with van der Waals surface area (Å²) in [7, 11) is 1.29. The van der Waals surface area contributed by atoms with E-state index in [4.69, 9.17) is 10.6 Å². The van der Waals surface area contributed by atoms with Crippen molar-refractivity contribution in [2.75, 3.05) is 18.6 Å². The van der Waals surface area contributed by atoms with E-state index in [1.165, 1.54) is 34.3 Å². The molecule has 36 heavy (non-hydrogen) atoms. The van der Waals surface area contributed by atoms with Gasteiger partial charge in [0, 0.05) is 23.1 Å². The van der Waals surface area contributed by atoms with Gasteiger partial charge in [-0.15, -0.1) is 23.1 Å². The van der Waals surface area contributed by atoms with Gasteiger partial charge in [0.25, 0.3) is 11.8 Å². The first-order valence-corrected chi connectivity index (χ1v) is 14.1. The number of nitrogens with two attached hydrogens (primary N) is 1. The minimum Gasteiger partial charge on any atom is -0.543 e. The van der Waals surface area contributed by atoms with Gasteiger partial charge in [-0.25, -0.2) is 4.98 Å². The van der Waals surface area contributed by atoms with E-state index in [1.54, 1.807) is 16.7 Å². The summed E-state index contributed by atoms with van der Waals surface area (Å²) in [6.45, 7) is 2.63. The number of carbonyl (C=O) groups is 3. The van der Waals surface area contributed by atoms with Crippen molar-refractivity contribution < 1.29 is 28.9 Å². The van der Waals surface area contributed by atoms with E-state index >= 15 is 0 Å². The predicted octanol–water partition coefficient (Wildman–Crippen LogP) is -0.346. The Morgan fingerprint density at radius 2 is 2.22 bits per heavy atom. The van der Waals surface area contributed by atoms with Crippen LogP contribution in [0.3, 0.4) is 0 Å². The van der Waals surface area contributed by atoms with Crippen molar-refractivity contribution in [1.82, 2.24) is 15.2 Å². The molecule has 1 saturated heterocycles. The average Bonchev–Trinajstić information content (AvgIpc) is 3.45. The average molecular weight is 549 g/mol. The Hall–Kier alpha value is -2.97. The number of thiazole rings is 2. The van der Waals surface area contributed by atoms with Crippen LogP contribution in [-0.4, -0.2) is 57.7 Å². The van der Waals surface area contributed by atoms with E-state index in [9.17, 15) is 19.5 Å². The Balaban J connectivity index is 1.34. The number of carboxylic acids is 1. The quantitative estimate of drug-likeness (QED) is 0.206. The number of β-lactam (4-membered cyclic amide) rings is 1. The highest BCUT2D eigenvalue weighted by Crippen LogP contribution is 2.40. The summed E-state index contributed by atoms with van der Waals surface area (Å²) in [5.41, 5.74) is 9.54. The summed E-state index contributed by atoms with van der Waals surface area (Å²) in [6.07, 6.45) is 3.08. The number of amides is 2. The van der Waals surface area contributed by atoms with Gasteiger partial charge in [0.15, 0.2) is 23.1 Å². The summed E-state index contributed by atoms with van der Waals surface area (Å²) >= 11 is 4.24. The van der Waals surface area contributed by atoms with Crippen LogP contribution in [0.4, 0.5) is 5.13 Å². The Morgan fingerprint density at radius 1 is 1.42 bits per heavy atom. The Bertz CT molecular complexity index is 1300. The van der Waals surface area contributed by atoms with Gasteiger partial charge in [-0.05, 0) is 18.8 Å². The molecule has 5 rings (SSSR count). The Morgan fingerprint density at radius 3 is 2.92 bits per heavy atom. The van der Waals surface area contributed by atoms with E-state index < -0.39 is 29.2 Å². The molecule has 4 heterocycles. The maximum absolute atomic E-state index is 13.0. The van der Waals surface area contributed by atoms with Crippen molar-refractivity contribution in [3.8, 4) is 0 Å². The molecule has 3 atom stereocenters. The van der Waals surface area contributed by atoms with Gasteiger partial charge < -0.3 is 25.8 Å². The number of nitrogens with one attached hydrogen (secondary N) is 1. The molecule has 3 N–H and O–H groups in total. The predicted molar refractivity (Wildman–Crippen MR) is 133 cm³/mol. The van der Waals surface area contributed by atoms with Crippen molar-refractivity contribution in [1.29, 1.82) is 0 Å². The summed E-state index contributed by atoms with van der Waals surface area (Å²) in [4.78, 5) is 49.5. The fourth-order valence-corrected chi connectivity index (χ4v) is 7.78. The number of fused-ring (bicyclic) bond motifs is 2. The lowest BCUT2D eigenvalue weighted by Crippen LogP contribution is -2.71. The number of nitrogen functional groups attached to an aromatic ring is 1. The molecule has 1 aliphatic carbocycles. The Kier molecular flexibility index (Phi) is 6.74. The molecule has 2 amide bonds. The molecule has 2 aromatic heterocycles. The maximum atomic E-state index is 13.0. The first-order valence-electron chi connectivity index (χ1n) is 11.3. The number of nitrogens with zero attached hydrogens (tertiary/aromatic N) is 4. The molecule has 2 aliphatic heterocycles. The molecule has 0 saturated carbocycles. The van der Waals surface area contributed by atoms with Crippen LogP contribution >= 0.6 is 34.4 Å². The molecule has 0 radical (unpaired) electrons. The molecular weight excluding hydrogens is 524 g/mol. The van der Waals surface area contributed by atoms with Gasteiger partial charge >= 0.3 is 0 Å². The number of aliphatic carboxylic acids is 1. The normalized spacial score (nSPS) is 23.6. The Labute approximate surface area is 219 Å². The summed E-state index contributed by atoms with van der Waals surface area (Å²) in [5.74, 6) is -1.54. The second-order valence-corrected chi connectivity index (χ2v) is 11.8. The van der Waals surface area contributed by atoms with Crippen molar-refractivity contribution in [2.24, 2.45) is 11.1 Å². The number of hydrogen-bond acceptors (Lipinski definition) is 11. The number of carbonyl (C=O) groups excluding carboxylic acids is 3. The molecule has 0 spiro atoms. The number of oxime groups is 1. The minimum absolute atomic E-state index is 0.107. The minimum atomic E-state index is -1.40. The fourth-order valence-electron chi connectivity index (χ4n) is 4.70. The lowest BCUT2D eigenvalue weighted by atomic mass is 9.92. The highest BCUT2D eigenvalue weighted by molar-refractivity contribution is 8.00. The lowest BCUT2D eigenvalue weighted by Gasteiger charge is -2.50. The van der Waals surface area contributed by atoms with Gasteiger partial charge in [0.2, 0.25) is 5.51 Å². The van der Waals surface area contributed by atoms with Crippen LogP contribution in [0.25, 0.3) is 0 Å². The van der Waals surface area contributed by atoms with E-state index in [0.29, 0.717) is 23.8 Å². The van der Waals surface area contributed by atoms with Crippen LogP contribution in [-0.2, 0) is 38.6 Å². The molecule has 0 aromatic carbocycles. The molecule has 11 nitrogen and oxygen atoms in total. The molecule has 0 bridgehead atoms. The zero-order chi connectivity index (χ0) is 25.6. The summed E-state index contributed by atoms with van der Waals surface area (Å²) in [6, 6.07) is -0.917. The largest absolute Gasteiger partial charge is 0.543 e. The SMILES string of the molecule is CO/N=C(\C(=O)N[C@@H]1C(=O)N2C(C(=O)[O-])=C(C[n+]3csc4c3CCC(C)C4)CS[C@H]12)c1csc(N)n1. The number of thioether (sulfide) groups is 1. The van der Waals surface area contributed by atoms with E-state index in [-0.39, 0.29) is 22.2 Å². The van der Waals surface area contributed by atoms with Crippen LogP contribution in [0.1, 0.15) is 29.6 Å². The standard InChI is InChI=1S/C22H24N6O5S3/c1-10-3-4-13-14(5-10)36-9-27(13)6-11-7-34-20-16(19(30)28(20)17(11)21(31)32)25-18(29)15(26-33-2)12-8-35-22(23)24-12/h8-10,16,20H,3-7H2,1-2H3,(H3-,23,24,25,29,31,32)/b26-15-/t10?,16-,20-/m1/s1. The molecule has 1 fully saturated rings. The number of hydrogen-bond donors (Lipinski definition) is 2. The third-order valence-corrected chi connectivity index (χ3v) is 9.51. The van der Waals surface area contributed by atoms with Crippen molar-refractivity contribution in [3.05, 3.63) is 38.4 Å². The second-order valence-electron chi connectivity index (χ2n) is 8.86. The summed E-state index contributed by atoms with van der Waals surface area (Å²) in [5, 5.41) is 19.8. The molecule has 3 aliphatic rings. The molecule has 190 valence electrons. The fraction of sp³-hybridized carbons (Fsp3) is 0.455. The third-order valence-electron chi connectivity index (χ3n) is 6.45. The van der Waals surface area contributed by atoms with E-state index in [1.807, 2.05) is 5.51 Å².